The quantitative estimate of drug-likeness (QED) is 0.0433. The maximum Gasteiger partial charge on any atom is 0.410 e. The van der Waals surface area contributed by atoms with Crippen molar-refractivity contribution in [3.63, 3.8) is 0 Å². The average Bonchev–Trinajstić information content (AvgIpc) is 3.63. The summed E-state index contributed by atoms with van der Waals surface area (Å²) in [6.45, 7) is 24.3. The molecule has 3 aromatic heterocycles. The summed E-state index contributed by atoms with van der Waals surface area (Å²) in [6, 6.07) is 5.77. The first kappa shape index (κ1) is 41.6. The van der Waals surface area contributed by atoms with Crippen LogP contribution in [0.2, 0.25) is 51.4 Å². The Bertz CT molecular complexity index is 1730. The first-order chi connectivity index (χ1) is 25.5. The fraction of sp³-hybridized carbons (Fsp3) is 0.625. The van der Waals surface area contributed by atoms with E-state index in [0.717, 1.165) is 72.3 Å². The summed E-state index contributed by atoms with van der Waals surface area (Å²) < 4.78 is 26.5. The molecule has 2 fully saturated rings. The molecule has 3 atom stereocenters. The summed E-state index contributed by atoms with van der Waals surface area (Å²) in [7, 11) is -2.67. The standard InChI is InChI=1S/C40H62N6O6Si2/c1-11-49-17-16-34-36(30-22-32-14-15-33(23-30)45(32)39(48)52-40(2,3)4)43-37-35(29-12-13-31(26-47)41-24-29)25-42-46(37)38(34)44(27-50-18-20-53(5,6)7)28-51-19-21-54(8,9)10/h12-13,16-17,24-26,30,32-33H,11,14-15,18-23,27-28H2,1-10H3/b17-16-/t30?,32-,33?/m1/s1. The second kappa shape index (κ2) is 17.5. The molecule has 296 valence electrons. The third-order valence-electron chi connectivity index (χ3n) is 9.91. The molecule has 12 nitrogen and oxygen atoms in total. The maximum atomic E-state index is 13.5. The second-order valence-electron chi connectivity index (χ2n) is 18.1. The van der Waals surface area contributed by atoms with Gasteiger partial charge in [0.05, 0.1) is 24.8 Å². The molecule has 14 heteroatoms. The predicted octanol–water partition coefficient (Wildman–Crippen LogP) is 8.69. The molecule has 0 aromatic carbocycles. The van der Waals surface area contributed by atoms with E-state index in [1.807, 2.05) is 55.4 Å². The highest BCUT2D eigenvalue weighted by molar-refractivity contribution is 6.76. The number of amides is 1. The lowest BCUT2D eigenvalue weighted by Crippen LogP contribution is -2.48. The van der Waals surface area contributed by atoms with Gasteiger partial charge < -0.3 is 28.7 Å². The highest BCUT2D eigenvalue weighted by atomic mass is 28.3. The van der Waals surface area contributed by atoms with E-state index in [1.165, 1.54) is 0 Å². The van der Waals surface area contributed by atoms with Gasteiger partial charge in [0.25, 0.3) is 0 Å². The first-order valence-electron chi connectivity index (χ1n) is 19.5. The van der Waals surface area contributed by atoms with Crippen molar-refractivity contribution in [1.82, 2.24) is 24.5 Å². The second-order valence-corrected chi connectivity index (χ2v) is 29.3. The highest BCUT2D eigenvalue weighted by Crippen LogP contribution is 2.46. The molecule has 0 spiro atoms. The van der Waals surface area contributed by atoms with Crippen LogP contribution in [0.5, 0.6) is 0 Å². The summed E-state index contributed by atoms with van der Waals surface area (Å²) in [5.41, 5.74) is 3.88. The van der Waals surface area contributed by atoms with Crippen LogP contribution in [0.25, 0.3) is 22.9 Å². The minimum absolute atomic E-state index is 0.0455. The van der Waals surface area contributed by atoms with Gasteiger partial charge in [-0.05, 0) is 77.6 Å². The van der Waals surface area contributed by atoms with Crippen molar-refractivity contribution in [2.45, 2.75) is 128 Å². The van der Waals surface area contributed by atoms with Crippen LogP contribution in [0.4, 0.5) is 10.6 Å². The zero-order chi connectivity index (χ0) is 39.3. The fourth-order valence-corrected chi connectivity index (χ4v) is 8.63. The first-order valence-corrected chi connectivity index (χ1v) is 26.9. The lowest BCUT2D eigenvalue weighted by atomic mass is 9.86. The Morgan fingerprint density at radius 1 is 0.963 bits per heavy atom. The summed E-state index contributed by atoms with van der Waals surface area (Å²) in [5.74, 6) is 0.851. The predicted molar refractivity (Wildman–Crippen MR) is 220 cm³/mol. The van der Waals surface area contributed by atoms with E-state index in [2.05, 4.69) is 49.2 Å². The Kier molecular flexibility index (Phi) is 13.4. The van der Waals surface area contributed by atoms with Crippen LogP contribution >= 0.6 is 0 Å². The van der Waals surface area contributed by atoms with Crippen molar-refractivity contribution >= 4 is 46.1 Å². The van der Waals surface area contributed by atoms with E-state index in [0.29, 0.717) is 44.6 Å². The van der Waals surface area contributed by atoms with Gasteiger partial charge in [0.2, 0.25) is 0 Å². The van der Waals surface area contributed by atoms with Crippen molar-refractivity contribution in [3.8, 4) is 11.1 Å². The van der Waals surface area contributed by atoms with Crippen LogP contribution in [-0.4, -0.2) is 104 Å². The Morgan fingerprint density at radius 3 is 2.11 bits per heavy atom. The number of carbonyl (C=O) groups is 2. The number of aromatic nitrogens is 4. The molecule has 2 saturated heterocycles. The van der Waals surface area contributed by atoms with E-state index in [-0.39, 0.29) is 24.1 Å². The Hall–Kier alpha value is -3.60. The maximum absolute atomic E-state index is 13.5. The van der Waals surface area contributed by atoms with E-state index >= 15 is 0 Å². The molecule has 5 rings (SSSR count). The molecule has 0 N–H and O–H groups in total. The third-order valence-corrected chi connectivity index (χ3v) is 13.3. The van der Waals surface area contributed by atoms with Gasteiger partial charge in [-0.1, -0.05) is 45.3 Å². The number of pyridine rings is 1. The molecule has 0 saturated carbocycles. The lowest BCUT2D eigenvalue weighted by molar-refractivity contribution is 0.00567. The molecule has 54 heavy (non-hydrogen) atoms. The summed E-state index contributed by atoms with van der Waals surface area (Å²) in [6.07, 6.45) is 11.1. The lowest BCUT2D eigenvalue weighted by Gasteiger charge is -2.40. The van der Waals surface area contributed by atoms with Gasteiger partial charge in [0, 0.05) is 70.3 Å². The minimum atomic E-state index is -1.33. The van der Waals surface area contributed by atoms with Crippen molar-refractivity contribution in [2.75, 3.05) is 38.2 Å². The van der Waals surface area contributed by atoms with Gasteiger partial charge in [-0.3, -0.25) is 9.78 Å². The topological polar surface area (TPSA) is 121 Å². The SMILES string of the molecule is CCO/C=C\c1c(C2CC3CC[C@H](C2)N3C(=O)OC(C)(C)C)nc2c(-c3ccc(C=O)nc3)cnn2c1N(COCC[Si](C)(C)C)COCC[Si](C)(C)C. The Labute approximate surface area is 323 Å². The number of carbonyl (C=O) groups excluding carboxylic acids is 2. The molecule has 2 bridgehead atoms. The van der Waals surface area contributed by atoms with Crippen LogP contribution in [0.3, 0.4) is 0 Å². The number of piperidine rings is 1. The van der Waals surface area contributed by atoms with Crippen molar-refractivity contribution in [1.29, 1.82) is 0 Å². The van der Waals surface area contributed by atoms with Gasteiger partial charge in [0.15, 0.2) is 11.9 Å². The number of fused-ring (bicyclic) bond motifs is 3. The Balaban J connectivity index is 1.65. The molecule has 0 radical (unpaired) electrons. The molecular weight excluding hydrogens is 717 g/mol. The molecule has 2 aliphatic rings. The number of hydrogen-bond acceptors (Lipinski definition) is 10. The van der Waals surface area contributed by atoms with Gasteiger partial charge in [0.1, 0.15) is 30.6 Å². The van der Waals surface area contributed by atoms with E-state index in [4.69, 9.17) is 29.0 Å². The number of anilines is 1. The van der Waals surface area contributed by atoms with Crippen LogP contribution < -0.4 is 4.90 Å². The molecular formula is C40H62N6O6Si2. The number of rotatable bonds is 17. The van der Waals surface area contributed by atoms with Crippen LogP contribution in [0.15, 0.2) is 30.8 Å². The summed E-state index contributed by atoms with van der Waals surface area (Å²) in [4.78, 5) is 38.8. The highest BCUT2D eigenvalue weighted by Gasteiger charge is 2.46. The van der Waals surface area contributed by atoms with Crippen LogP contribution in [0.1, 0.15) is 81.0 Å². The normalized spacial score (nSPS) is 19.1. The molecule has 3 aromatic rings. The van der Waals surface area contributed by atoms with Gasteiger partial charge in [-0.2, -0.15) is 9.61 Å². The van der Waals surface area contributed by atoms with E-state index in [9.17, 15) is 9.59 Å². The average molecular weight is 779 g/mol. The van der Waals surface area contributed by atoms with Crippen molar-refractivity contribution in [2.24, 2.45) is 0 Å². The molecule has 2 unspecified atom stereocenters. The Morgan fingerprint density at radius 2 is 1.59 bits per heavy atom. The summed E-state index contributed by atoms with van der Waals surface area (Å²) in [5, 5.41) is 4.95. The third kappa shape index (κ3) is 10.8. The molecule has 5 heterocycles. The number of hydrogen-bond donors (Lipinski definition) is 0. The van der Waals surface area contributed by atoms with Gasteiger partial charge >= 0.3 is 6.09 Å². The zero-order valence-corrected chi connectivity index (χ0v) is 36.2. The van der Waals surface area contributed by atoms with Gasteiger partial charge in [-0.25, -0.2) is 9.78 Å². The van der Waals surface area contributed by atoms with E-state index in [1.54, 1.807) is 18.5 Å². The van der Waals surface area contributed by atoms with Crippen LogP contribution in [-0.2, 0) is 18.9 Å². The van der Waals surface area contributed by atoms with Gasteiger partial charge in [-0.15, -0.1) is 0 Å². The molecule has 1 amide bonds. The number of nitrogens with zero attached hydrogens (tertiary/aromatic N) is 6. The monoisotopic (exact) mass is 778 g/mol. The minimum Gasteiger partial charge on any atom is -0.501 e. The number of aldehydes is 1. The molecule has 2 aliphatic heterocycles. The zero-order valence-electron chi connectivity index (χ0n) is 34.2. The summed E-state index contributed by atoms with van der Waals surface area (Å²) >= 11 is 0. The van der Waals surface area contributed by atoms with Crippen molar-refractivity contribution < 1.29 is 28.5 Å². The van der Waals surface area contributed by atoms with Crippen molar-refractivity contribution in [3.05, 3.63) is 47.7 Å². The molecule has 0 aliphatic carbocycles. The number of ether oxygens (including phenoxy) is 4. The smallest absolute Gasteiger partial charge is 0.410 e. The van der Waals surface area contributed by atoms with Crippen LogP contribution in [0, 0.1) is 0 Å². The van der Waals surface area contributed by atoms with E-state index < -0.39 is 21.7 Å². The fourth-order valence-electron chi connectivity index (χ4n) is 7.11. The largest absolute Gasteiger partial charge is 0.501 e.